The highest BCUT2D eigenvalue weighted by Gasteiger charge is 2.53. The SMILES string of the molecule is C=C/C(C#N)=C\C(=NC)N1CC2(CCC2)c2c1ncnc2N1C[C@@H](C)N(C(=O)C2CC(C(F)(F)F)CO2)CC1C. The maximum atomic E-state index is 13.2. The molecule has 40 heavy (non-hydrogen) atoms. The van der Waals surface area contributed by atoms with Crippen molar-refractivity contribution < 1.29 is 22.7 Å². The first-order chi connectivity index (χ1) is 19.0. The van der Waals surface area contributed by atoms with Crippen molar-refractivity contribution in [3.63, 3.8) is 0 Å². The molecule has 3 aliphatic heterocycles. The zero-order chi connectivity index (χ0) is 28.8. The maximum absolute atomic E-state index is 13.2. The Labute approximate surface area is 232 Å². The number of nitrogens with zero attached hydrogens (tertiary/aromatic N) is 7. The van der Waals surface area contributed by atoms with Crippen molar-refractivity contribution in [2.75, 3.05) is 43.1 Å². The van der Waals surface area contributed by atoms with Gasteiger partial charge in [-0.25, -0.2) is 9.97 Å². The monoisotopic (exact) mass is 557 g/mol. The van der Waals surface area contributed by atoms with Crippen molar-refractivity contribution in [1.82, 2.24) is 14.9 Å². The number of amides is 1. The molecule has 12 heteroatoms. The smallest absolute Gasteiger partial charge is 0.368 e. The van der Waals surface area contributed by atoms with Crippen LogP contribution in [0.2, 0.25) is 0 Å². The first-order valence-corrected chi connectivity index (χ1v) is 13.6. The largest absolute Gasteiger partial charge is 0.394 e. The summed E-state index contributed by atoms with van der Waals surface area (Å²) in [7, 11) is 1.68. The second kappa shape index (κ2) is 10.5. The summed E-state index contributed by atoms with van der Waals surface area (Å²) in [4.78, 5) is 33.0. The predicted octanol–water partition coefficient (Wildman–Crippen LogP) is 3.78. The van der Waals surface area contributed by atoms with E-state index in [1.165, 1.54) is 12.4 Å². The van der Waals surface area contributed by atoms with Crippen LogP contribution in [-0.4, -0.2) is 84.3 Å². The van der Waals surface area contributed by atoms with E-state index in [2.05, 4.69) is 27.5 Å². The normalized spacial score (nSPS) is 28.4. The molecule has 0 aromatic carbocycles. The fourth-order valence-corrected chi connectivity index (χ4v) is 6.40. The zero-order valence-electron chi connectivity index (χ0n) is 23.0. The van der Waals surface area contributed by atoms with Crippen molar-refractivity contribution in [2.24, 2.45) is 10.9 Å². The van der Waals surface area contributed by atoms with Crippen molar-refractivity contribution in [2.45, 2.75) is 69.3 Å². The number of aliphatic imine (C=N–C) groups is 1. The fourth-order valence-electron chi connectivity index (χ4n) is 6.40. The molecule has 9 nitrogen and oxygen atoms in total. The number of amidine groups is 1. The van der Waals surface area contributed by atoms with Crippen LogP contribution >= 0.6 is 0 Å². The Morgan fingerprint density at radius 3 is 2.55 bits per heavy atom. The van der Waals surface area contributed by atoms with Gasteiger partial charge in [-0.15, -0.1) is 0 Å². The van der Waals surface area contributed by atoms with Gasteiger partial charge in [0.1, 0.15) is 29.9 Å². The van der Waals surface area contributed by atoms with Crippen molar-refractivity contribution >= 4 is 23.4 Å². The molecule has 1 amide bonds. The van der Waals surface area contributed by atoms with E-state index in [9.17, 15) is 23.2 Å². The molecule has 214 valence electrons. The van der Waals surface area contributed by atoms with Crippen LogP contribution in [0.1, 0.15) is 45.1 Å². The number of rotatable bonds is 4. The number of alkyl halides is 3. The average molecular weight is 558 g/mol. The van der Waals surface area contributed by atoms with Gasteiger partial charge in [0.25, 0.3) is 5.91 Å². The van der Waals surface area contributed by atoms with Crippen molar-refractivity contribution in [1.29, 1.82) is 5.26 Å². The van der Waals surface area contributed by atoms with Gasteiger partial charge in [-0.05, 0) is 39.2 Å². The molecular weight excluding hydrogens is 523 g/mol. The van der Waals surface area contributed by atoms with Crippen LogP contribution in [0.5, 0.6) is 0 Å². The Kier molecular flexibility index (Phi) is 7.37. The van der Waals surface area contributed by atoms with Gasteiger partial charge in [-0.1, -0.05) is 19.1 Å². The number of allylic oxidation sites excluding steroid dienone is 2. The third-order valence-electron chi connectivity index (χ3n) is 8.78. The number of halogens is 3. The molecule has 1 saturated carbocycles. The predicted molar refractivity (Wildman–Crippen MR) is 144 cm³/mol. The summed E-state index contributed by atoms with van der Waals surface area (Å²) in [6.45, 7) is 8.65. The van der Waals surface area contributed by atoms with Crippen LogP contribution in [0, 0.1) is 17.2 Å². The molecule has 4 atom stereocenters. The third kappa shape index (κ3) is 4.74. The topological polar surface area (TPSA) is 98.0 Å². The highest BCUT2D eigenvalue weighted by Crippen LogP contribution is 2.55. The lowest BCUT2D eigenvalue weighted by Gasteiger charge is -2.47. The molecule has 1 aromatic rings. The Bertz CT molecular complexity index is 1280. The molecule has 1 aromatic heterocycles. The van der Waals surface area contributed by atoms with Crippen LogP contribution in [0.25, 0.3) is 0 Å². The summed E-state index contributed by atoms with van der Waals surface area (Å²) in [6, 6.07) is 1.75. The number of carbonyl (C=O) groups excluding carboxylic acids is 1. The van der Waals surface area contributed by atoms with Gasteiger partial charge < -0.3 is 19.4 Å². The van der Waals surface area contributed by atoms with Crippen LogP contribution in [0.3, 0.4) is 0 Å². The molecule has 1 aliphatic carbocycles. The third-order valence-corrected chi connectivity index (χ3v) is 8.78. The number of carbonyl (C=O) groups is 1. The Morgan fingerprint density at radius 2 is 1.98 bits per heavy atom. The van der Waals surface area contributed by atoms with Crippen molar-refractivity contribution in [3.8, 4) is 6.07 Å². The number of hydrogen-bond donors (Lipinski definition) is 0. The summed E-state index contributed by atoms with van der Waals surface area (Å²) in [5.41, 5.74) is 1.32. The molecule has 4 heterocycles. The second-order valence-electron chi connectivity index (χ2n) is 11.3. The first-order valence-electron chi connectivity index (χ1n) is 13.6. The van der Waals surface area contributed by atoms with Gasteiger partial charge >= 0.3 is 6.18 Å². The number of nitriles is 1. The lowest BCUT2D eigenvalue weighted by atomic mass is 9.66. The van der Waals surface area contributed by atoms with E-state index in [0.29, 0.717) is 31.0 Å². The first kappa shape index (κ1) is 28.1. The summed E-state index contributed by atoms with van der Waals surface area (Å²) >= 11 is 0. The molecule has 0 N–H and O–H groups in total. The van der Waals surface area contributed by atoms with E-state index in [-0.39, 0.29) is 29.8 Å². The molecule has 3 fully saturated rings. The van der Waals surface area contributed by atoms with Gasteiger partial charge in [0.05, 0.1) is 24.2 Å². The molecule has 0 radical (unpaired) electrons. The molecular formula is C28H34F3N7O2. The van der Waals surface area contributed by atoms with Crippen LogP contribution < -0.4 is 9.80 Å². The minimum absolute atomic E-state index is 0.129. The van der Waals surface area contributed by atoms with Crippen LogP contribution in [0.4, 0.5) is 24.8 Å². The van der Waals surface area contributed by atoms with Crippen LogP contribution in [-0.2, 0) is 14.9 Å². The van der Waals surface area contributed by atoms with E-state index in [1.807, 2.05) is 18.7 Å². The van der Waals surface area contributed by atoms with Gasteiger partial charge in [-0.3, -0.25) is 9.79 Å². The Balaban J connectivity index is 1.41. The minimum Gasteiger partial charge on any atom is -0.368 e. The quantitative estimate of drug-likeness (QED) is 0.241. The number of piperazine rings is 1. The maximum Gasteiger partial charge on any atom is 0.394 e. The lowest BCUT2D eigenvalue weighted by Crippen LogP contribution is -2.60. The summed E-state index contributed by atoms with van der Waals surface area (Å²) in [5.74, 6) is 0.210. The van der Waals surface area contributed by atoms with E-state index in [1.54, 1.807) is 18.0 Å². The minimum atomic E-state index is -4.37. The molecule has 0 bridgehead atoms. The molecule has 5 rings (SSSR count). The van der Waals surface area contributed by atoms with E-state index >= 15 is 0 Å². The Morgan fingerprint density at radius 1 is 1.25 bits per heavy atom. The van der Waals surface area contributed by atoms with Gasteiger partial charge in [0.15, 0.2) is 0 Å². The van der Waals surface area contributed by atoms with Crippen molar-refractivity contribution in [3.05, 3.63) is 36.2 Å². The number of ether oxygens (including phenoxy) is 1. The second-order valence-corrected chi connectivity index (χ2v) is 11.3. The number of hydrogen-bond acceptors (Lipinski definition) is 7. The summed E-state index contributed by atoms with van der Waals surface area (Å²) in [6.07, 6.45) is 2.00. The average Bonchev–Trinajstić information content (AvgIpc) is 3.54. The fraction of sp³-hybridized carbons (Fsp3) is 0.607. The Hall–Kier alpha value is -3.46. The standard InChI is InChI=1S/C28H34F3N7O2/c1-5-19(11-32)9-22(33-4)38-15-27(7-6-8-27)23-24(34-16-35-25(23)38)36-12-18(3)37(13-17(36)2)26(39)21-10-20(14-40-21)28(29,30)31/h5,9,16-18,20-21H,1,6-8,10,12-15H2,2-4H3/b19-9+,33-22?/t17?,18-,20?,21?/m1/s1. The highest BCUT2D eigenvalue weighted by atomic mass is 19.4. The summed E-state index contributed by atoms with van der Waals surface area (Å²) in [5, 5.41) is 9.43. The zero-order valence-corrected chi connectivity index (χ0v) is 23.0. The number of fused-ring (bicyclic) bond motifs is 2. The molecule has 1 spiro atoms. The lowest BCUT2D eigenvalue weighted by molar-refractivity contribution is -0.173. The van der Waals surface area contributed by atoms with E-state index < -0.39 is 24.8 Å². The summed E-state index contributed by atoms with van der Waals surface area (Å²) < 4.78 is 44.8. The highest BCUT2D eigenvalue weighted by molar-refractivity contribution is 6.08. The van der Waals surface area contributed by atoms with Gasteiger partial charge in [0.2, 0.25) is 0 Å². The van der Waals surface area contributed by atoms with Crippen LogP contribution in [0.15, 0.2) is 35.6 Å². The number of anilines is 2. The van der Waals surface area contributed by atoms with Gasteiger partial charge in [0, 0.05) is 49.7 Å². The van der Waals surface area contributed by atoms with Gasteiger partial charge in [-0.2, -0.15) is 18.4 Å². The molecule has 3 unspecified atom stereocenters. The van der Waals surface area contributed by atoms with E-state index in [4.69, 9.17) is 9.72 Å². The molecule has 2 saturated heterocycles. The number of aromatic nitrogens is 2. The van der Waals surface area contributed by atoms with E-state index in [0.717, 1.165) is 36.5 Å². The molecule has 4 aliphatic rings.